The fourth-order valence-electron chi connectivity index (χ4n) is 2.00. The van der Waals surface area contributed by atoms with Crippen molar-refractivity contribution in [3.8, 4) is 0 Å². The molecule has 0 aromatic carbocycles. The molecule has 2 unspecified atom stereocenters. The van der Waals surface area contributed by atoms with Crippen molar-refractivity contribution in [3.63, 3.8) is 0 Å². The molecule has 0 bridgehead atoms. The number of cyclic esters (lactones) is 1. The van der Waals surface area contributed by atoms with Crippen molar-refractivity contribution in [1.29, 1.82) is 0 Å². The molecule has 9 heteroatoms. The SMILES string of the molecule is CC(C)(C)S(=O)NC1COCC(I)=C1C(=O)N1CCOC1=O. The first kappa shape index (κ1) is 17.8. The topological polar surface area (TPSA) is 84.9 Å². The van der Waals surface area contributed by atoms with Crippen molar-refractivity contribution in [3.05, 3.63) is 9.15 Å². The average molecular weight is 442 g/mol. The normalized spacial score (nSPS) is 24.5. The highest BCUT2D eigenvalue weighted by molar-refractivity contribution is 14.1. The van der Waals surface area contributed by atoms with Gasteiger partial charge in [-0.2, -0.15) is 0 Å². The fraction of sp³-hybridized carbons (Fsp3) is 0.692. The number of hydrogen-bond donors (Lipinski definition) is 1. The molecule has 124 valence electrons. The second-order valence-corrected chi connectivity index (χ2v) is 9.26. The largest absolute Gasteiger partial charge is 0.447 e. The first-order chi connectivity index (χ1) is 10.2. The Balaban J connectivity index is 2.22. The summed E-state index contributed by atoms with van der Waals surface area (Å²) in [5, 5.41) is 0. The van der Waals surface area contributed by atoms with Gasteiger partial charge in [0.25, 0.3) is 5.91 Å². The summed E-state index contributed by atoms with van der Waals surface area (Å²) in [6, 6.07) is -0.512. The Bertz CT molecular complexity index is 543. The summed E-state index contributed by atoms with van der Waals surface area (Å²) < 4.78 is 25.7. The second-order valence-electron chi connectivity index (χ2n) is 5.96. The minimum atomic E-state index is -1.35. The van der Waals surface area contributed by atoms with Crippen LogP contribution in [0.2, 0.25) is 0 Å². The molecule has 1 saturated heterocycles. The van der Waals surface area contributed by atoms with E-state index >= 15 is 0 Å². The van der Waals surface area contributed by atoms with Crippen LogP contribution in [0.1, 0.15) is 20.8 Å². The number of carbonyl (C=O) groups excluding carboxylic acids is 2. The summed E-state index contributed by atoms with van der Waals surface area (Å²) in [5.41, 5.74) is 0.434. The van der Waals surface area contributed by atoms with Gasteiger partial charge in [0, 0.05) is 9.15 Å². The van der Waals surface area contributed by atoms with Crippen LogP contribution >= 0.6 is 22.6 Å². The summed E-state index contributed by atoms with van der Waals surface area (Å²) in [5.74, 6) is -0.404. The number of halogens is 1. The number of nitrogens with zero attached hydrogens (tertiary/aromatic N) is 1. The minimum Gasteiger partial charge on any atom is -0.447 e. The van der Waals surface area contributed by atoms with E-state index in [2.05, 4.69) is 4.72 Å². The van der Waals surface area contributed by atoms with Crippen molar-refractivity contribution in [2.75, 3.05) is 26.4 Å². The van der Waals surface area contributed by atoms with Crippen molar-refractivity contribution in [2.24, 2.45) is 0 Å². The van der Waals surface area contributed by atoms with Crippen molar-refractivity contribution in [2.45, 2.75) is 31.6 Å². The van der Waals surface area contributed by atoms with Gasteiger partial charge in [-0.1, -0.05) is 0 Å². The first-order valence-corrected chi connectivity index (χ1v) is 9.07. The van der Waals surface area contributed by atoms with Crippen molar-refractivity contribution in [1.82, 2.24) is 9.62 Å². The number of amides is 2. The van der Waals surface area contributed by atoms with Gasteiger partial charge in [-0.05, 0) is 43.4 Å². The highest BCUT2D eigenvalue weighted by Gasteiger charge is 2.38. The number of ether oxygens (including phenoxy) is 2. The first-order valence-electron chi connectivity index (χ1n) is 6.84. The fourth-order valence-corrected chi connectivity index (χ4v) is 3.63. The molecule has 0 radical (unpaired) electrons. The summed E-state index contributed by atoms with van der Waals surface area (Å²) in [7, 11) is -1.35. The Morgan fingerprint density at radius 3 is 2.68 bits per heavy atom. The molecule has 0 aliphatic carbocycles. The standard InChI is InChI=1S/C13H19IN2O5S/c1-13(2,3)22(19)15-9-7-20-6-8(14)10(9)11(17)16-4-5-21-12(16)18/h9,15H,4-7H2,1-3H3. The predicted octanol–water partition coefficient (Wildman–Crippen LogP) is 1.10. The van der Waals surface area contributed by atoms with Crippen LogP contribution in [0, 0.1) is 0 Å². The molecular weight excluding hydrogens is 423 g/mol. The molecule has 2 atom stereocenters. The molecule has 2 aliphatic heterocycles. The Hall–Kier alpha value is -0.520. The van der Waals surface area contributed by atoms with Gasteiger partial charge in [0.2, 0.25) is 0 Å². The van der Waals surface area contributed by atoms with E-state index in [1.807, 2.05) is 43.4 Å². The van der Waals surface area contributed by atoms with E-state index in [4.69, 9.17) is 9.47 Å². The predicted molar refractivity (Wildman–Crippen MR) is 89.7 cm³/mol. The van der Waals surface area contributed by atoms with Crippen LogP contribution in [0.15, 0.2) is 9.15 Å². The molecule has 2 rings (SSSR count). The van der Waals surface area contributed by atoms with Crippen LogP contribution in [-0.2, 0) is 25.3 Å². The summed E-state index contributed by atoms with van der Waals surface area (Å²) >= 11 is 2.03. The molecule has 1 N–H and O–H groups in total. The van der Waals surface area contributed by atoms with E-state index in [1.165, 1.54) is 0 Å². The van der Waals surface area contributed by atoms with E-state index in [-0.39, 0.29) is 19.8 Å². The second kappa shape index (κ2) is 6.93. The van der Waals surface area contributed by atoms with Gasteiger partial charge in [0.05, 0.1) is 41.5 Å². The Labute approximate surface area is 145 Å². The van der Waals surface area contributed by atoms with Gasteiger partial charge >= 0.3 is 6.09 Å². The van der Waals surface area contributed by atoms with E-state index in [0.717, 1.165) is 4.90 Å². The lowest BCUT2D eigenvalue weighted by Crippen LogP contribution is -2.49. The Morgan fingerprint density at radius 2 is 2.14 bits per heavy atom. The third-order valence-corrected chi connectivity index (χ3v) is 5.70. The van der Waals surface area contributed by atoms with Gasteiger partial charge in [0.1, 0.15) is 6.61 Å². The summed E-state index contributed by atoms with van der Waals surface area (Å²) in [4.78, 5) is 25.3. The van der Waals surface area contributed by atoms with Gasteiger partial charge in [0.15, 0.2) is 0 Å². The van der Waals surface area contributed by atoms with Crippen LogP contribution in [-0.4, -0.2) is 58.3 Å². The van der Waals surface area contributed by atoms with Crippen molar-refractivity contribution >= 4 is 45.6 Å². The Morgan fingerprint density at radius 1 is 1.45 bits per heavy atom. The molecule has 0 aromatic heterocycles. The molecule has 2 heterocycles. The average Bonchev–Trinajstić information content (AvgIpc) is 2.83. The summed E-state index contributed by atoms with van der Waals surface area (Å²) in [6.45, 7) is 6.51. The van der Waals surface area contributed by atoms with E-state index < -0.39 is 33.8 Å². The molecule has 0 saturated carbocycles. The van der Waals surface area contributed by atoms with Crippen LogP contribution < -0.4 is 4.72 Å². The van der Waals surface area contributed by atoms with Gasteiger partial charge in [-0.25, -0.2) is 18.6 Å². The molecule has 0 spiro atoms. The van der Waals surface area contributed by atoms with Gasteiger partial charge < -0.3 is 9.47 Å². The Kier molecular flexibility index (Phi) is 5.62. The van der Waals surface area contributed by atoms with Crippen LogP contribution in [0.3, 0.4) is 0 Å². The lowest BCUT2D eigenvalue weighted by Gasteiger charge is -2.30. The molecule has 1 fully saturated rings. The number of imide groups is 1. The molecule has 7 nitrogen and oxygen atoms in total. The molecule has 22 heavy (non-hydrogen) atoms. The smallest absolute Gasteiger partial charge is 0.416 e. The molecule has 2 aliphatic rings. The maximum atomic E-state index is 12.6. The van der Waals surface area contributed by atoms with Crippen LogP contribution in [0.4, 0.5) is 4.79 Å². The van der Waals surface area contributed by atoms with Gasteiger partial charge in [-0.3, -0.25) is 4.79 Å². The summed E-state index contributed by atoms with van der Waals surface area (Å²) in [6.07, 6.45) is -0.635. The van der Waals surface area contributed by atoms with E-state index in [9.17, 15) is 13.8 Å². The third-order valence-electron chi connectivity index (χ3n) is 3.20. The zero-order valence-electron chi connectivity index (χ0n) is 12.7. The van der Waals surface area contributed by atoms with Crippen molar-refractivity contribution < 1.29 is 23.3 Å². The quantitative estimate of drug-likeness (QED) is 0.662. The zero-order chi connectivity index (χ0) is 16.5. The van der Waals surface area contributed by atoms with Crippen LogP contribution in [0.25, 0.3) is 0 Å². The number of rotatable bonds is 3. The third kappa shape index (κ3) is 3.87. The minimum absolute atomic E-state index is 0.205. The molecular formula is C13H19IN2O5S. The lowest BCUT2D eigenvalue weighted by molar-refractivity contribution is -0.124. The molecule has 0 aromatic rings. The van der Waals surface area contributed by atoms with Gasteiger partial charge in [-0.15, -0.1) is 0 Å². The highest BCUT2D eigenvalue weighted by Crippen LogP contribution is 2.26. The maximum absolute atomic E-state index is 12.6. The lowest BCUT2D eigenvalue weighted by atomic mass is 10.1. The number of hydrogen-bond acceptors (Lipinski definition) is 5. The van der Waals surface area contributed by atoms with E-state index in [0.29, 0.717) is 15.8 Å². The van der Waals surface area contributed by atoms with E-state index in [1.54, 1.807) is 0 Å². The highest BCUT2D eigenvalue weighted by atomic mass is 127. The zero-order valence-corrected chi connectivity index (χ0v) is 15.7. The number of nitrogens with one attached hydrogen (secondary N) is 1. The monoisotopic (exact) mass is 442 g/mol. The number of carbonyl (C=O) groups is 2. The molecule has 2 amide bonds. The maximum Gasteiger partial charge on any atom is 0.416 e. The van der Waals surface area contributed by atoms with Crippen LogP contribution in [0.5, 0.6) is 0 Å².